The van der Waals surface area contributed by atoms with Crippen LogP contribution in [-0.2, 0) is 6.54 Å². The summed E-state index contributed by atoms with van der Waals surface area (Å²) in [5.41, 5.74) is 5.45. The Morgan fingerprint density at radius 1 is 1.32 bits per heavy atom. The van der Waals surface area contributed by atoms with E-state index in [0.29, 0.717) is 24.0 Å². The molecule has 1 aromatic heterocycles. The molecule has 1 aliphatic rings. The number of nitrogens with two attached hydrogens (primary N) is 1. The van der Waals surface area contributed by atoms with Crippen molar-refractivity contribution in [2.75, 3.05) is 6.54 Å². The Bertz CT molecular complexity index is 406. The van der Waals surface area contributed by atoms with Gasteiger partial charge in [-0.3, -0.25) is 4.79 Å². The van der Waals surface area contributed by atoms with E-state index >= 15 is 0 Å². The minimum absolute atomic E-state index is 0.127. The van der Waals surface area contributed by atoms with E-state index in [2.05, 4.69) is 12.2 Å². The summed E-state index contributed by atoms with van der Waals surface area (Å²) in [4.78, 5) is 11.9. The number of nitrogens with one attached hydrogen (secondary N) is 1. The van der Waals surface area contributed by atoms with Crippen molar-refractivity contribution in [2.24, 2.45) is 17.6 Å². The van der Waals surface area contributed by atoms with Gasteiger partial charge in [0.2, 0.25) is 0 Å². The maximum absolute atomic E-state index is 11.9. The first-order chi connectivity index (χ1) is 9.22. The molecule has 0 aromatic carbocycles. The Balaban J connectivity index is 1.75. The predicted molar refractivity (Wildman–Crippen MR) is 74.7 cm³/mol. The minimum atomic E-state index is -0.127. The molecule has 19 heavy (non-hydrogen) atoms. The van der Waals surface area contributed by atoms with Crippen molar-refractivity contribution in [1.29, 1.82) is 0 Å². The number of carbonyl (C=O) groups excluding carboxylic acids is 1. The average Bonchev–Trinajstić information content (AvgIpc) is 2.94. The van der Waals surface area contributed by atoms with E-state index in [1.54, 1.807) is 12.1 Å². The highest BCUT2D eigenvalue weighted by atomic mass is 16.4. The van der Waals surface area contributed by atoms with Gasteiger partial charge in [0.25, 0.3) is 5.91 Å². The van der Waals surface area contributed by atoms with Crippen LogP contribution in [0.3, 0.4) is 0 Å². The first kappa shape index (κ1) is 14.1. The molecule has 0 saturated heterocycles. The molecule has 0 bridgehead atoms. The van der Waals surface area contributed by atoms with Gasteiger partial charge in [0.05, 0.1) is 6.54 Å². The summed E-state index contributed by atoms with van der Waals surface area (Å²) in [5.74, 6) is 2.40. The lowest BCUT2D eigenvalue weighted by molar-refractivity contribution is 0.0911. The van der Waals surface area contributed by atoms with E-state index in [1.807, 2.05) is 0 Å². The van der Waals surface area contributed by atoms with Crippen LogP contribution >= 0.6 is 0 Å². The molecule has 0 spiro atoms. The van der Waals surface area contributed by atoms with Gasteiger partial charge in [-0.05, 0) is 36.8 Å². The molecule has 3 N–H and O–H groups in total. The maximum atomic E-state index is 11.9. The van der Waals surface area contributed by atoms with Gasteiger partial charge >= 0.3 is 0 Å². The van der Waals surface area contributed by atoms with Gasteiger partial charge in [-0.2, -0.15) is 0 Å². The van der Waals surface area contributed by atoms with Gasteiger partial charge in [-0.1, -0.05) is 26.2 Å². The highest BCUT2D eigenvalue weighted by molar-refractivity contribution is 5.91. The Hall–Kier alpha value is -1.29. The van der Waals surface area contributed by atoms with Crippen LogP contribution in [0.4, 0.5) is 0 Å². The number of hydrogen-bond acceptors (Lipinski definition) is 3. The zero-order valence-electron chi connectivity index (χ0n) is 11.7. The molecule has 1 amide bonds. The highest BCUT2D eigenvalue weighted by Gasteiger charge is 2.21. The molecule has 1 fully saturated rings. The first-order valence-corrected chi connectivity index (χ1v) is 7.30. The van der Waals surface area contributed by atoms with Gasteiger partial charge in [0.15, 0.2) is 5.76 Å². The van der Waals surface area contributed by atoms with Crippen LogP contribution in [0, 0.1) is 11.8 Å². The first-order valence-electron chi connectivity index (χ1n) is 7.30. The molecule has 1 aromatic rings. The summed E-state index contributed by atoms with van der Waals surface area (Å²) >= 11 is 0. The highest BCUT2D eigenvalue weighted by Crippen LogP contribution is 2.30. The van der Waals surface area contributed by atoms with E-state index in [4.69, 9.17) is 10.2 Å². The fraction of sp³-hybridized carbons (Fsp3) is 0.667. The molecular formula is C15H24N2O2. The number of carbonyl (C=O) groups is 1. The standard InChI is InChI=1S/C15H24N2O2/c1-2-11-3-5-12(6-4-11)10-17-15(18)14-8-7-13(9-16)19-14/h7-8,11-12H,2-6,9-10,16H2,1H3,(H,17,18). The summed E-state index contributed by atoms with van der Waals surface area (Å²) in [5, 5.41) is 2.97. The molecule has 0 atom stereocenters. The molecule has 106 valence electrons. The van der Waals surface area contributed by atoms with Crippen LogP contribution in [0.15, 0.2) is 16.5 Å². The zero-order chi connectivity index (χ0) is 13.7. The maximum Gasteiger partial charge on any atom is 0.287 e. The second kappa shape index (κ2) is 6.75. The van der Waals surface area contributed by atoms with Gasteiger partial charge in [-0.15, -0.1) is 0 Å². The summed E-state index contributed by atoms with van der Waals surface area (Å²) in [6, 6.07) is 3.44. The van der Waals surface area contributed by atoms with Crippen LogP contribution in [0.25, 0.3) is 0 Å². The van der Waals surface area contributed by atoms with Gasteiger partial charge in [0, 0.05) is 6.54 Å². The van der Waals surface area contributed by atoms with Crippen LogP contribution in [-0.4, -0.2) is 12.5 Å². The lowest BCUT2D eigenvalue weighted by atomic mass is 9.81. The van der Waals surface area contributed by atoms with Crippen LogP contribution in [0.5, 0.6) is 0 Å². The third kappa shape index (κ3) is 3.83. The average molecular weight is 264 g/mol. The molecule has 4 heteroatoms. The van der Waals surface area contributed by atoms with Crippen molar-refractivity contribution >= 4 is 5.91 Å². The second-order valence-electron chi connectivity index (χ2n) is 5.48. The van der Waals surface area contributed by atoms with Gasteiger partial charge in [0.1, 0.15) is 5.76 Å². The molecular weight excluding hydrogens is 240 g/mol. The molecule has 1 saturated carbocycles. The summed E-state index contributed by atoms with van der Waals surface area (Å²) < 4.78 is 5.33. The van der Waals surface area contributed by atoms with Crippen molar-refractivity contribution in [2.45, 2.75) is 45.6 Å². The Labute approximate surface area is 114 Å². The van der Waals surface area contributed by atoms with Crippen molar-refractivity contribution in [1.82, 2.24) is 5.32 Å². The molecule has 0 radical (unpaired) electrons. The van der Waals surface area contributed by atoms with E-state index in [9.17, 15) is 4.79 Å². The third-order valence-corrected chi connectivity index (χ3v) is 4.18. The van der Waals surface area contributed by atoms with Crippen LogP contribution in [0.2, 0.25) is 0 Å². The van der Waals surface area contributed by atoms with Crippen molar-refractivity contribution < 1.29 is 9.21 Å². The molecule has 1 heterocycles. The monoisotopic (exact) mass is 264 g/mol. The lowest BCUT2D eigenvalue weighted by Gasteiger charge is -2.27. The van der Waals surface area contributed by atoms with E-state index in [0.717, 1.165) is 12.5 Å². The molecule has 0 aliphatic heterocycles. The van der Waals surface area contributed by atoms with Gasteiger partial charge < -0.3 is 15.5 Å². The molecule has 1 aliphatic carbocycles. The quantitative estimate of drug-likeness (QED) is 0.859. The Morgan fingerprint density at radius 3 is 2.58 bits per heavy atom. The Kier molecular flexibility index (Phi) is 5.02. The molecule has 0 unspecified atom stereocenters. The summed E-state index contributed by atoms with van der Waals surface area (Å²) in [7, 11) is 0. The lowest BCUT2D eigenvalue weighted by Crippen LogP contribution is -2.31. The predicted octanol–water partition coefficient (Wildman–Crippen LogP) is 2.68. The fourth-order valence-electron chi connectivity index (χ4n) is 2.78. The van der Waals surface area contributed by atoms with Crippen molar-refractivity contribution in [3.8, 4) is 0 Å². The smallest absolute Gasteiger partial charge is 0.287 e. The molecule has 4 nitrogen and oxygen atoms in total. The number of furan rings is 1. The van der Waals surface area contributed by atoms with E-state index < -0.39 is 0 Å². The van der Waals surface area contributed by atoms with Crippen LogP contribution in [0.1, 0.15) is 55.3 Å². The van der Waals surface area contributed by atoms with Crippen molar-refractivity contribution in [3.05, 3.63) is 23.7 Å². The number of hydrogen-bond donors (Lipinski definition) is 2. The number of rotatable bonds is 5. The Morgan fingerprint density at radius 2 is 2.00 bits per heavy atom. The fourth-order valence-corrected chi connectivity index (χ4v) is 2.78. The normalized spacial score (nSPS) is 23.3. The van der Waals surface area contributed by atoms with E-state index in [1.165, 1.54) is 32.1 Å². The minimum Gasteiger partial charge on any atom is -0.455 e. The molecule has 2 rings (SSSR count). The van der Waals surface area contributed by atoms with Crippen LogP contribution < -0.4 is 11.1 Å². The summed E-state index contributed by atoms with van der Waals surface area (Å²) in [6.07, 6.45) is 6.34. The summed E-state index contributed by atoms with van der Waals surface area (Å²) in [6.45, 7) is 3.35. The largest absolute Gasteiger partial charge is 0.455 e. The second-order valence-corrected chi connectivity index (χ2v) is 5.48. The topological polar surface area (TPSA) is 68.3 Å². The van der Waals surface area contributed by atoms with Crippen molar-refractivity contribution in [3.63, 3.8) is 0 Å². The number of amides is 1. The zero-order valence-corrected chi connectivity index (χ0v) is 11.7. The third-order valence-electron chi connectivity index (χ3n) is 4.18. The van der Waals surface area contributed by atoms with E-state index in [-0.39, 0.29) is 5.91 Å². The SMILES string of the molecule is CCC1CCC(CNC(=O)c2ccc(CN)o2)CC1. The van der Waals surface area contributed by atoms with Gasteiger partial charge in [-0.25, -0.2) is 0 Å².